The van der Waals surface area contributed by atoms with Gasteiger partial charge in [0.25, 0.3) is 0 Å². The third-order valence-electron chi connectivity index (χ3n) is 3.10. The Kier molecular flexibility index (Phi) is 6.22. The predicted octanol–water partition coefficient (Wildman–Crippen LogP) is 5.40. The molecule has 0 unspecified atom stereocenters. The molecular weight excluding hydrogens is 321 g/mol. The van der Waals surface area contributed by atoms with Gasteiger partial charge in [0.2, 0.25) is 0 Å². The smallest absolute Gasteiger partial charge is 0.161 e. The monoisotopic (exact) mass is 339 g/mol. The van der Waals surface area contributed by atoms with Crippen LogP contribution in [0.25, 0.3) is 0 Å². The van der Waals surface area contributed by atoms with Crippen molar-refractivity contribution in [2.45, 2.75) is 19.9 Å². The molecule has 0 spiro atoms. The number of nitrogens with one attached hydrogen (secondary N) is 1. The highest BCUT2D eigenvalue weighted by molar-refractivity contribution is 6.36. The molecule has 0 saturated heterocycles. The van der Waals surface area contributed by atoms with Crippen LogP contribution in [-0.4, -0.2) is 13.7 Å². The largest absolute Gasteiger partial charge is 0.493 e. The Morgan fingerprint density at radius 2 is 1.86 bits per heavy atom. The number of halogens is 2. The van der Waals surface area contributed by atoms with Gasteiger partial charge in [-0.05, 0) is 42.3 Å². The van der Waals surface area contributed by atoms with Gasteiger partial charge >= 0.3 is 0 Å². The van der Waals surface area contributed by atoms with Crippen molar-refractivity contribution in [3.05, 3.63) is 52.0 Å². The lowest BCUT2D eigenvalue weighted by Crippen LogP contribution is -2.02. The molecule has 118 valence electrons. The van der Waals surface area contributed by atoms with E-state index < -0.39 is 0 Å². The predicted molar refractivity (Wildman–Crippen MR) is 92.6 cm³/mol. The average molecular weight is 340 g/mol. The van der Waals surface area contributed by atoms with E-state index in [0.717, 1.165) is 29.2 Å². The molecule has 5 heteroatoms. The Morgan fingerprint density at radius 3 is 2.55 bits per heavy atom. The van der Waals surface area contributed by atoms with Gasteiger partial charge in [0, 0.05) is 11.6 Å². The first-order chi connectivity index (χ1) is 10.6. The zero-order valence-electron chi connectivity index (χ0n) is 12.7. The van der Waals surface area contributed by atoms with Crippen LogP contribution in [0, 0.1) is 0 Å². The summed E-state index contributed by atoms with van der Waals surface area (Å²) in [5.74, 6) is 1.49. The Hall–Kier alpha value is -1.58. The van der Waals surface area contributed by atoms with Crippen molar-refractivity contribution in [3.8, 4) is 11.5 Å². The van der Waals surface area contributed by atoms with E-state index in [1.165, 1.54) is 0 Å². The molecular formula is C17H19Cl2NO2. The van der Waals surface area contributed by atoms with Gasteiger partial charge < -0.3 is 14.8 Å². The maximum atomic E-state index is 6.15. The molecule has 0 radical (unpaired) electrons. The summed E-state index contributed by atoms with van der Waals surface area (Å²) in [6.45, 7) is 3.38. The fourth-order valence-corrected chi connectivity index (χ4v) is 2.46. The molecule has 0 amide bonds. The van der Waals surface area contributed by atoms with Crippen LogP contribution in [0.4, 0.5) is 5.69 Å². The molecule has 22 heavy (non-hydrogen) atoms. The normalized spacial score (nSPS) is 10.4. The summed E-state index contributed by atoms with van der Waals surface area (Å²) in [6, 6.07) is 11.3. The van der Waals surface area contributed by atoms with E-state index >= 15 is 0 Å². The second kappa shape index (κ2) is 8.16. The van der Waals surface area contributed by atoms with E-state index in [4.69, 9.17) is 32.7 Å². The Balaban J connectivity index is 2.06. The molecule has 0 bridgehead atoms. The molecule has 0 aromatic heterocycles. The summed E-state index contributed by atoms with van der Waals surface area (Å²) in [6.07, 6.45) is 0.960. The lowest BCUT2D eigenvalue weighted by atomic mass is 10.2. The van der Waals surface area contributed by atoms with Crippen molar-refractivity contribution in [1.82, 2.24) is 0 Å². The summed E-state index contributed by atoms with van der Waals surface area (Å²) in [4.78, 5) is 0. The van der Waals surface area contributed by atoms with Gasteiger partial charge in [0.05, 0.1) is 24.4 Å². The third kappa shape index (κ3) is 4.46. The molecule has 0 saturated carbocycles. The van der Waals surface area contributed by atoms with Gasteiger partial charge in [-0.2, -0.15) is 0 Å². The van der Waals surface area contributed by atoms with Crippen molar-refractivity contribution >= 4 is 28.9 Å². The maximum absolute atomic E-state index is 6.15. The zero-order chi connectivity index (χ0) is 15.9. The van der Waals surface area contributed by atoms with E-state index in [2.05, 4.69) is 12.2 Å². The minimum Gasteiger partial charge on any atom is -0.493 e. The second-order valence-corrected chi connectivity index (χ2v) is 5.66. The molecule has 0 aliphatic carbocycles. The van der Waals surface area contributed by atoms with Gasteiger partial charge in [0.1, 0.15) is 0 Å². The van der Waals surface area contributed by atoms with Crippen LogP contribution in [0.2, 0.25) is 10.0 Å². The maximum Gasteiger partial charge on any atom is 0.161 e. The number of hydrogen-bond donors (Lipinski definition) is 1. The summed E-state index contributed by atoms with van der Waals surface area (Å²) >= 11 is 12.0. The summed E-state index contributed by atoms with van der Waals surface area (Å²) in [7, 11) is 1.64. The molecule has 0 heterocycles. The van der Waals surface area contributed by atoms with Crippen LogP contribution >= 0.6 is 23.2 Å². The highest BCUT2D eigenvalue weighted by Crippen LogP contribution is 2.29. The lowest BCUT2D eigenvalue weighted by molar-refractivity contribution is 0.294. The van der Waals surface area contributed by atoms with Crippen LogP contribution in [0.3, 0.4) is 0 Å². The molecule has 2 rings (SSSR count). The number of methoxy groups -OCH3 is 1. The Bertz CT molecular complexity index is 632. The highest BCUT2D eigenvalue weighted by atomic mass is 35.5. The standard InChI is InChI=1S/C17H19Cl2NO2/c1-3-8-22-16-7-4-12(9-17(16)21-2)11-20-15-6-5-13(18)10-14(15)19/h4-7,9-10,20H,3,8,11H2,1-2H3. The molecule has 0 atom stereocenters. The van der Waals surface area contributed by atoms with Crippen LogP contribution < -0.4 is 14.8 Å². The van der Waals surface area contributed by atoms with E-state index in [1.807, 2.05) is 24.3 Å². The highest BCUT2D eigenvalue weighted by Gasteiger charge is 2.06. The summed E-state index contributed by atoms with van der Waals surface area (Å²) < 4.78 is 11.0. The van der Waals surface area contributed by atoms with Crippen LogP contribution in [-0.2, 0) is 6.54 Å². The first-order valence-corrected chi connectivity index (χ1v) is 7.88. The fourth-order valence-electron chi connectivity index (χ4n) is 1.98. The topological polar surface area (TPSA) is 30.5 Å². The second-order valence-electron chi connectivity index (χ2n) is 4.81. The molecule has 1 N–H and O–H groups in total. The molecule has 0 aliphatic heterocycles. The quantitative estimate of drug-likeness (QED) is 0.732. The average Bonchev–Trinajstić information content (AvgIpc) is 2.52. The zero-order valence-corrected chi connectivity index (χ0v) is 14.2. The third-order valence-corrected chi connectivity index (χ3v) is 3.65. The van der Waals surface area contributed by atoms with E-state index in [-0.39, 0.29) is 0 Å². The minimum absolute atomic E-state index is 0.599. The minimum atomic E-state index is 0.599. The van der Waals surface area contributed by atoms with Crippen LogP contribution in [0.15, 0.2) is 36.4 Å². The van der Waals surface area contributed by atoms with Crippen molar-refractivity contribution in [3.63, 3.8) is 0 Å². The van der Waals surface area contributed by atoms with Crippen molar-refractivity contribution in [2.24, 2.45) is 0 Å². The van der Waals surface area contributed by atoms with E-state index in [0.29, 0.717) is 23.2 Å². The van der Waals surface area contributed by atoms with Gasteiger partial charge in [-0.15, -0.1) is 0 Å². The number of rotatable bonds is 7. The number of anilines is 1. The molecule has 0 fully saturated rings. The Labute approximate surface area is 141 Å². The first-order valence-electron chi connectivity index (χ1n) is 7.12. The number of benzene rings is 2. The molecule has 2 aromatic carbocycles. The molecule has 3 nitrogen and oxygen atoms in total. The van der Waals surface area contributed by atoms with E-state index in [1.54, 1.807) is 19.2 Å². The number of ether oxygens (including phenoxy) is 2. The van der Waals surface area contributed by atoms with Gasteiger partial charge in [-0.3, -0.25) is 0 Å². The Morgan fingerprint density at radius 1 is 1.05 bits per heavy atom. The van der Waals surface area contributed by atoms with Crippen molar-refractivity contribution in [2.75, 3.05) is 19.0 Å². The van der Waals surface area contributed by atoms with Gasteiger partial charge in [-0.25, -0.2) is 0 Å². The lowest BCUT2D eigenvalue weighted by Gasteiger charge is -2.13. The molecule has 2 aromatic rings. The summed E-state index contributed by atoms with van der Waals surface area (Å²) in [5.41, 5.74) is 1.92. The fraction of sp³-hybridized carbons (Fsp3) is 0.294. The van der Waals surface area contributed by atoms with Crippen molar-refractivity contribution in [1.29, 1.82) is 0 Å². The van der Waals surface area contributed by atoms with Gasteiger partial charge in [0.15, 0.2) is 11.5 Å². The summed E-state index contributed by atoms with van der Waals surface area (Å²) in [5, 5.41) is 4.50. The van der Waals surface area contributed by atoms with Crippen LogP contribution in [0.5, 0.6) is 11.5 Å². The number of hydrogen-bond acceptors (Lipinski definition) is 3. The SMILES string of the molecule is CCCOc1ccc(CNc2ccc(Cl)cc2Cl)cc1OC. The van der Waals surface area contributed by atoms with E-state index in [9.17, 15) is 0 Å². The molecule has 0 aliphatic rings. The first kappa shape index (κ1) is 16.8. The van der Waals surface area contributed by atoms with Crippen LogP contribution in [0.1, 0.15) is 18.9 Å². The van der Waals surface area contributed by atoms with Gasteiger partial charge in [-0.1, -0.05) is 36.2 Å². The van der Waals surface area contributed by atoms with Crippen molar-refractivity contribution < 1.29 is 9.47 Å².